The van der Waals surface area contributed by atoms with E-state index in [-0.39, 0.29) is 12.1 Å². The summed E-state index contributed by atoms with van der Waals surface area (Å²) in [7, 11) is 0. The van der Waals surface area contributed by atoms with Crippen LogP contribution in [0.1, 0.15) is 37.8 Å². The lowest BCUT2D eigenvalue weighted by Gasteiger charge is -2.33. The summed E-state index contributed by atoms with van der Waals surface area (Å²) in [4.78, 5) is 0. The molecule has 5 heteroatoms. The van der Waals surface area contributed by atoms with E-state index in [1.54, 1.807) is 0 Å². The van der Waals surface area contributed by atoms with Crippen LogP contribution in [0.15, 0.2) is 18.2 Å². The molecule has 21 heavy (non-hydrogen) atoms. The van der Waals surface area contributed by atoms with Crippen molar-refractivity contribution in [2.45, 2.75) is 51.9 Å². The number of nitrogens with one attached hydrogen (secondary N) is 1. The Hall–Kier alpha value is -1.23. The number of anilines is 1. The number of alkyl halides is 3. The first-order valence-corrected chi connectivity index (χ1v) is 7.33. The van der Waals surface area contributed by atoms with Crippen LogP contribution < -0.4 is 5.32 Å². The van der Waals surface area contributed by atoms with Crippen molar-refractivity contribution in [3.63, 3.8) is 0 Å². The van der Waals surface area contributed by atoms with E-state index in [0.717, 1.165) is 24.5 Å². The summed E-state index contributed by atoms with van der Waals surface area (Å²) in [5.41, 5.74) is 0.790. The van der Waals surface area contributed by atoms with Crippen LogP contribution in [0.2, 0.25) is 0 Å². The van der Waals surface area contributed by atoms with Crippen LogP contribution in [0, 0.1) is 12.8 Å². The van der Waals surface area contributed by atoms with Crippen molar-refractivity contribution in [3.05, 3.63) is 29.3 Å². The van der Waals surface area contributed by atoms with Crippen LogP contribution in [0.4, 0.5) is 18.9 Å². The zero-order valence-corrected chi connectivity index (χ0v) is 12.6. The van der Waals surface area contributed by atoms with Crippen LogP contribution in [0.25, 0.3) is 0 Å². The van der Waals surface area contributed by atoms with Crippen molar-refractivity contribution in [1.82, 2.24) is 0 Å². The molecule has 2 atom stereocenters. The molecule has 0 radical (unpaired) electrons. The van der Waals surface area contributed by atoms with Crippen molar-refractivity contribution >= 4 is 5.69 Å². The molecule has 0 aromatic heterocycles. The highest BCUT2D eigenvalue weighted by Gasteiger charge is 2.31. The molecule has 1 heterocycles. The van der Waals surface area contributed by atoms with E-state index in [1.165, 1.54) is 12.1 Å². The number of benzene rings is 1. The molecule has 2 unspecified atom stereocenters. The summed E-state index contributed by atoms with van der Waals surface area (Å²) in [5.74, 6) is 0.414. The molecule has 2 nitrogen and oxygen atoms in total. The van der Waals surface area contributed by atoms with Gasteiger partial charge in [0.05, 0.1) is 11.7 Å². The second-order valence-corrected chi connectivity index (χ2v) is 6.05. The molecule has 0 amide bonds. The maximum atomic E-state index is 12.8. The number of halogens is 3. The maximum absolute atomic E-state index is 12.8. The van der Waals surface area contributed by atoms with Gasteiger partial charge in [0.25, 0.3) is 0 Å². The Labute approximate surface area is 123 Å². The van der Waals surface area contributed by atoms with E-state index in [0.29, 0.717) is 18.2 Å². The molecule has 0 spiro atoms. The molecular formula is C16H22F3NO. The third-order valence-corrected chi connectivity index (χ3v) is 3.98. The molecule has 0 aliphatic carbocycles. The van der Waals surface area contributed by atoms with Gasteiger partial charge in [0, 0.05) is 18.3 Å². The average Bonchev–Trinajstić information content (AvgIpc) is 2.40. The van der Waals surface area contributed by atoms with Crippen molar-refractivity contribution < 1.29 is 17.9 Å². The van der Waals surface area contributed by atoms with E-state index in [9.17, 15) is 13.2 Å². The van der Waals surface area contributed by atoms with Gasteiger partial charge in [0.15, 0.2) is 0 Å². The first-order chi connectivity index (χ1) is 9.77. The third kappa shape index (κ3) is 4.13. The van der Waals surface area contributed by atoms with Gasteiger partial charge >= 0.3 is 6.18 Å². The summed E-state index contributed by atoms with van der Waals surface area (Å²) < 4.78 is 44.1. The Bertz CT molecular complexity index is 485. The lowest BCUT2D eigenvalue weighted by molar-refractivity contribution is -0.137. The summed E-state index contributed by atoms with van der Waals surface area (Å²) in [6.45, 7) is 6.67. The fourth-order valence-corrected chi connectivity index (χ4v) is 2.60. The van der Waals surface area contributed by atoms with Gasteiger partial charge in [-0.3, -0.25) is 0 Å². The molecule has 1 aromatic carbocycles. The molecule has 1 aliphatic heterocycles. The SMILES string of the molecule is Cc1ccc(C(F)(F)F)cc1NC1CCOC(C(C)C)C1. The number of rotatable bonds is 3. The molecular weight excluding hydrogens is 279 g/mol. The maximum Gasteiger partial charge on any atom is 0.416 e. The monoisotopic (exact) mass is 301 g/mol. The highest BCUT2D eigenvalue weighted by Crippen LogP contribution is 2.33. The molecule has 1 saturated heterocycles. The highest BCUT2D eigenvalue weighted by atomic mass is 19.4. The Kier molecular flexibility index (Phi) is 4.81. The predicted molar refractivity (Wildman–Crippen MR) is 77.4 cm³/mol. The molecule has 0 saturated carbocycles. The second-order valence-electron chi connectivity index (χ2n) is 6.05. The van der Waals surface area contributed by atoms with Gasteiger partial charge in [-0.05, 0) is 43.4 Å². The van der Waals surface area contributed by atoms with Crippen molar-refractivity contribution in [2.24, 2.45) is 5.92 Å². The number of hydrogen-bond donors (Lipinski definition) is 1. The van der Waals surface area contributed by atoms with Crippen LogP contribution in [-0.2, 0) is 10.9 Å². The third-order valence-electron chi connectivity index (χ3n) is 3.98. The van der Waals surface area contributed by atoms with Gasteiger partial charge in [-0.15, -0.1) is 0 Å². The predicted octanol–water partition coefficient (Wildman–Crippen LogP) is 4.63. The molecule has 1 aromatic rings. The van der Waals surface area contributed by atoms with Crippen LogP contribution in [-0.4, -0.2) is 18.8 Å². The molecule has 2 rings (SSSR count). The van der Waals surface area contributed by atoms with Crippen molar-refractivity contribution in [2.75, 3.05) is 11.9 Å². The van der Waals surface area contributed by atoms with Gasteiger partial charge in [-0.1, -0.05) is 19.9 Å². The largest absolute Gasteiger partial charge is 0.416 e. The topological polar surface area (TPSA) is 21.3 Å². The Morgan fingerprint density at radius 1 is 1.29 bits per heavy atom. The minimum absolute atomic E-state index is 0.160. The fraction of sp³-hybridized carbons (Fsp3) is 0.625. The van der Waals surface area contributed by atoms with Crippen LogP contribution >= 0.6 is 0 Å². The van der Waals surface area contributed by atoms with Crippen LogP contribution in [0.5, 0.6) is 0 Å². The van der Waals surface area contributed by atoms with E-state index >= 15 is 0 Å². The zero-order chi connectivity index (χ0) is 15.6. The molecule has 1 aliphatic rings. The summed E-state index contributed by atoms with van der Waals surface area (Å²) in [6, 6.07) is 4.01. The van der Waals surface area contributed by atoms with Gasteiger partial charge in [0.2, 0.25) is 0 Å². The van der Waals surface area contributed by atoms with E-state index in [2.05, 4.69) is 19.2 Å². The summed E-state index contributed by atoms with van der Waals surface area (Å²) in [5, 5.41) is 3.27. The molecule has 1 fully saturated rings. The number of aryl methyl sites for hydroxylation is 1. The summed E-state index contributed by atoms with van der Waals surface area (Å²) >= 11 is 0. The Morgan fingerprint density at radius 2 is 2.00 bits per heavy atom. The van der Waals surface area contributed by atoms with E-state index in [4.69, 9.17) is 4.74 Å². The molecule has 1 N–H and O–H groups in total. The average molecular weight is 301 g/mol. The molecule has 118 valence electrons. The van der Waals surface area contributed by atoms with Gasteiger partial charge in [-0.2, -0.15) is 13.2 Å². The van der Waals surface area contributed by atoms with Crippen LogP contribution in [0.3, 0.4) is 0 Å². The lowest BCUT2D eigenvalue weighted by atomic mass is 9.95. The zero-order valence-electron chi connectivity index (χ0n) is 12.6. The number of hydrogen-bond acceptors (Lipinski definition) is 2. The van der Waals surface area contributed by atoms with Gasteiger partial charge in [-0.25, -0.2) is 0 Å². The fourth-order valence-electron chi connectivity index (χ4n) is 2.60. The normalized spacial score (nSPS) is 23.4. The van der Waals surface area contributed by atoms with Crippen molar-refractivity contribution in [1.29, 1.82) is 0 Å². The molecule has 0 bridgehead atoms. The Balaban J connectivity index is 2.12. The number of ether oxygens (including phenoxy) is 1. The van der Waals surface area contributed by atoms with Crippen molar-refractivity contribution in [3.8, 4) is 0 Å². The second kappa shape index (κ2) is 6.26. The van der Waals surface area contributed by atoms with Gasteiger partial charge in [0.1, 0.15) is 0 Å². The minimum atomic E-state index is -4.31. The van der Waals surface area contributed by atoms with E-state index < -0.39 is 11.7 Å². The van der Waals surface area contributed by atoms with E-state index in [1.807, 2.05) is 6.92 Å². The first kappa shape index (κ1) is 16.1. The summed E-state index contributed by atoms with van der Waals surface area (Å²) in [6.07, 6.45) is -2.49. The smallest absolute Gasteiger partial charge is 0.382 e. The quantitative estimate of drug-likeness (QED) is 0.879. The first-order valence-electron chi connectivity index (χ1n) is 7.33. The highest BCUT2D eigenvalue weighted by molar-refractivity contribution is 5.54. The van der Waals surface area contributed by atoms with Gasteiger partial charge < -0.3 is 10.1 Å². The minimum Gasteiger partial charge on any atom is -0.382 e. The lowest BCUT2D eigenvalue weighted by Crippen LogP contribution is -2.36. The standard InChI is InChI=1S/C16H22F3NO/c1-10(2)15-9-13(6-7-21-15)20-14-8-12(16(17,18)19)5-4-11(14)3/h4-5,8,10,13,15,20H,6-7,9H2,1-3H3. The Morgan fingerprint density at radius 3 is 2.62 bits per heavy atom.